The molecule has 1 fully saturated rings. The molecular weight excluding hydrogens is 458 g/mol. The minimum absolute atomic E-state index is 0. The van der Waals surface area contributed by atoms with Gasteiger partial charge in [0.2, 0.25) is 0 Å². The van der Waals surface area contributed by atoms with E-state index < -0.39 is 0 Å². The van der Waals surface area contributed by atoms with Crippen LogP contribution in [0, 0.1) is 5.82 Å². The monoisotopic (exact) mass is 492 g/mol. The fourth-order valence-electron chi connectivity index (χ4n) is 3.30. The van der Waals surface area contributed by atoms with Gasteiger partial charge in [-0.1, -0.05) is 12.5 Å². The minimum atomic E-state index is -0.353. The first kappa shape index (κ1) is 23.9. The average molecular weight is 492 g/mol. The Labute approximate surface area is 180 Å². The zero-order chi connectivity index (χ0) is 18.8. The van der Waals surface area contributed by atoms with Crippen LogP contribution in [0.3, 0.4) is 0 Å². The number of hydrogen-bond donors (Lipinski definition) is 2. The maximum atomic E-state index is 13.8. The first-order valence-electron chi connectivity index (χ1n) is 9.72. The molecule has 1 aliphatic heterocycles. The lowest BCUT2D eigenvalue weighted by atomic mass is 10.0. The number of rotatable bonds is 8. The maximum Gasteiger partial charge on any atom is 0.191 e. The van der Waals surface area contributed by atoms with Crippen molar-refractivity contribution in [3.8, 4) is 5.75 Å². The predicted molar refractivity (Wildman–Crippen MR) is 121 cm³/mol. The van der Waals surface area contributed by atoms with Crippen molar-refractivity contribution in [3.05, 3.63) is 29.6 Å². The van der Waals surface area contributed by atoms with E-state index in [1.807, 2.05) is 13.0 Å². The molecule has 1 atom stereocenters. The number of nitrogens with one attached hydrogen (secondary N) is 2. The molecule has 0 amide bonds. The second kappa shape index (κ2) is 13.1. The molecule has 1 saturated heterocycles. The Bertz CT molecular complexity index is 585. The van der Waals surface area contributed by atoms with Gasteiger partial charge in [0.15, 0.2) is 17.5 Å². The van der Waals surface area contributed by atoms with Crippen LogP contribution < -0.4 is 15.4 Å². The summed E-state index contributed by atoms with van der Waals surface area (Å²) in [6, 6.07) is 5.66. The summed E-state index contributed by atoms with van der Waals surface area (Å²) < 4.78 is 18.7. The third kappa shape index (κ3) is 8.21. The third-order valence-electron chi connectivity index (χ3n) is 4.84. The number of aliphatic imine (C=N–C) groups is 1. The summed E-state index contributed by atoms with van der Waals surface area (Å²) in [5.74, 6) is 0.680. The minimum Gasteiger partial charge on any atom is -0.494 e. The summed E-state index contributed by atoms with van der Waals surface area (Å²) in [4.78, 5) is 7.13. The van der Waals surface area contributed by atoms with E-state index in [0.29, 0.717) is 12.6 Å². The molecule has 5 nitrogen and oxygen atoms in total. The van der Waals surface area contributed by atoms with Gasteiger partial charge in [-0.2, -0.15) is 0 Å². The topological polar surface area (TPSA) is 48.9 Å². The van der Waals surface area contributed by atoms with Crippen molar-refractivity contribution >= 4 is 29.9 Å². The SMILES string of the molecule is CCNC(=NCc1ccc(OC)c(F)c1)NCCCN1CCCCC1C.I. The molecular formula is C20H34FIN4O. The van der Waals surface area contributed by atoms with Crippen LogP contribution in [-0.4, -0.2) is 50.2 Å². The fourth-order valence-corrected chi connectivity index (χ4v) is 3.30. The van der Waals surface area contributed by atoms with Crippen molar-refractivity contribution in [2.75, 3.05) is 33.3 Å². The van der Waals surface area contributed by atoms with E-state index in [-0.39, 0.29) is 35.5 Å². The molecule has 154 valence electrons. The van der Waals surface area contributed by atoms with Crippen LogP contribution in [0.4, 0.5) is 4.39 Å². The second-order valence-corrected chi connectivity index (χ2v) is 6.83. The number of likely N-dealkylation sites (tertiary alicyclic amines) is 1. The average Bonchev–Trinajstić information content (AvgIpc) is 2.64. The summed E-state index contributed by atoms with van der Waals surface area (Å²) in [6.45, 7) is 8.82. The Hall–Kier alpha value is -1.09. The van der Waals surface area contributed by atoms with Crippen LogP contribution in [0.15, 0.2) is 23.2 Å². The molecule has 0 radical (unpaired) electrons. The van der Waals surface area contributed by atoms with E-state index in [4.69, 9.17) is 4.74 Å². The van der Waals surface area contributed by atoms with Gasteiger partial charge in [-0.05, 0) is 57.4 Å². The van der Waals surface area contributed by atoms with Crippen molar-refractivity contribution in [2.45, 2.75) is 52.1 Å². The van der Waals surface area contributed by atoms with Gasteiger partial charge in [0.1, 0.15) is 0 Å². The van der Waals surface area contributed by atoms with Crippen LogP contribution in [0.5, 0.6) is 5.75 Å². The number of methoxy groups -OCH3 is 1. The van der Waals surface area contributed by atoms with E-state index in [1.54, 1.807) is 6.07 Å². The smallest absolute Gasteiger partial charge is 0.191 e. The number of nitrogens with zero attached hydrogens (tertiary/aromatic N) is 2. The molecule has 0 bridgehead atoms. The molecule has 1 unspecified atom stereocenters. The first-order valence-corrected chi connectivity index (χ1v) is 9.72. The third-order valence-corrected chi connectivity index (χ3v) is 4.84. The maximum absolute atomic E-state index is 13.8. The highest BCUT2D eigenvalue weighted by atomic mass is 127. The standard InChI is InChI=1S/C20H33FN4O.HI/c1-4-22-20(23-11-7-13-25-12-6-5-8-16(25)2)24-15-17-9-10-19(26-3)18(21)14-17;/h9-10,14,16H,4-8,11-13,15H2,1-3H3,(H2,22,23,24);1H. The van der Waals surface area contributed by atoms with E-state index in [0.717, 1.165) is 37.6 Å². The quantitative estimate of drug-likeness (QED) is 0.251. The molecule has 0 aliphatic carbocycles. The first-order chi connectivity index (χ1) is 12.6. The highest BCUT2D eigenvalue weighted by Crippen LogP contribution is 2.18. The molecule has 0 aromatic heterocycles. The van der Waals surface area contributed by atoms with Gasteiger partial charge in [-0.25, -0.2) is 9.38 Å². The molecule has 2 N–H and O–H groups in total. The zero-order valence-electron chi connectivity index (χ0n) is 16.8. The molecule has 1 aromatic rings. The molecule has 27 heavy (non-hydrogen) atoms. The molecule has 1 aromatic carbocycles. The van der Waals surface area contributed by atoms with Crippen LogP contribution in [-0.2, 0) is 6.54 Å². The van der Waals surface area contributed by atoms with Crippen molar-refractivity contribution in [3.63, 3.8) is 0 Å². The normalized spacial score (nSPS) is 17.9. The van der Waals surface area contributed by atoms with Crippen LogP contribution in [0.2, 0.25) is 0 Å². The predicted octanol–water partition coefficient (Wildman–Crippen LogP) is 3.77. The molecule has 0 saturated carbocycles. The van der Waals surface area contributed by atoms with Crippen molar-refractivity contribution in [2.24, 2.45) is 4.99 Å². The molecule has 1 heterocycles. The largest absolute Gasteiger partial charge is 0.494 e. The molecule has 1 aliphatic rings. The Morgan fingerprint density at radius 2 is 2.15 bits per heavy atom. The number of guanidine groups is 1. The van der Waals surface area contributed by atoms with Gasteiger partial charge < -0.3 is 20.3 Å². The van der Waals surface area contributed by atoms with Crippen molar-refractivity contribution in [1.82, 2.24) is 15.5 Å². The number of halogens is 2. The second-order valence-electron chi connectivity index (χ2n) is 6.83. The summed E-state index contributed by atoms with van der Waals surface area (Å²) in [5, 5.41) is 6.62. The Balaban J connectivity index is 0.00000364. The van der Waals surface area contributed by atoms with Gasteiger partial charge in [-0.3, -0.25) is 0 Å². The summed E-state index contributed by atoms with van der Waals surface area (Å²) in [7, 11) is 1.47. The Morgan fingerprint density at radius 1 is 1.33 bits per heavy atom. The van der Waals surface area contributed by atoms with Crippen LogP contribution in [0.1, 0.15) is 45.1 Å². The van der Waals surface area contributed by atoms with Gasteiger partial charge in [0.25, 0.3) is 0 Å². The Morgan fingerprint density at radius 3 is 2.81 bits per heavy atom. The summed E-state index contributed by atoms with van der Waals surface area (Å²) in [5.41, 5.74) is 0.822. The van der Waals surface area contributed by atoms with E-state index in [2.05, 4.69) is 27.4 Å². The van der Waals surface area contributed by atoms with E-state index >= 15 is 0 Å². The van der Waals surface area contributed by atoms with Crippen LogP contribution in [0.25, 0.3) is 0 Å². The molecule has 2 rings (SSSR count). The lowest BCUT2D eigenvalue weighted by molar-refractivity contribution is 0.159. The van der Waals surface area contributed by atoms with Gasteiger partial charge in [0.05, 0.1) is 13.7 Å². The number of benzene rings is 1. The number of hydrogen-bond acceptors (Lipinski definition) is 3. The van der Waals surface area contributed by atoms with E-state index in [9.17, 15) is 4.39 Å². The lowest BCUT2D eigenvalue weighted by Gasteiger charge is -2.33. The highest BCUT2D eigenvalue weighted by molar-refractivity contribution is 14.0. The molecule has 7 heteroatoms. The summed E-state index contributed by atoms with van der Waals surface area (Å²) in [6.07, 6.45) is 5.08. The number of piperidine rings is 1. The Kier molecular flexibility index (Phi) is 11.7. The molecule has 0 spiro atoms. The van der Waals surface area contributed by atoms with Gasteiger partial charge >= 0.3 is 0 Å². The van der Waals surface area contributed by atoms with Gasteiger partial charge in [0, 0.05) is 25.7 Å². The van der Waals surface area contributed by atoms with Crippen LogP contribution >= 0.6 is 24.0 Å². The number of ether oxygens (including phenoxy) is 1. The fraction of sp³-hybridized carbons (Fsp3) is 0.650. The highest BCUT2D eigenvalue weighted by Gasteiger charge is 2.17. The van der Waals surface area contributed by atoms with Crippen molar-refractivity contribution < 1.29 is 9.13 Å². The van der Waals surface area contributed by atoms with E-state index in [1.165, 1.54) is 39.0 Å². The zero-order valence-corrected chi connectivity index (χ0v) is 19.1. The lowest BCUT2D eigenvalue weighted by Crippen LogP contribution is -2.41. The summed E-state index contributed by atoms with van der Waals surface area (Å²) >= 11 is 0. The van der Waals surface area contributed by atoms with Crippen molar-refractivity contribution in [1.29, 1.82) is 0 Å². The van der Waals surface area contributed by atoms with Gasteiger partial charge in [-0.15, -0.1) is 24.0 Å².